The minimum Gasteiger partial charge on any atom is -0.289 e. The first-order chi connectivity index (χ1) is 53.1. The lowest BCUT2D eigenvalue weighted by Gasteiger charge is -2.34. The Labute approximate surface area is 657 Å². The molecule has 0 amide bonds. The van der Waals surface area contributed by atoms with Gasteiger partial charge in [0.25, 0.3) is 0 Å². The molecule has 108 heavy (non-hydrogen) atoms. The second-order valence-corrected chi connectivity index (χ2v) is 35.1. The van der Waals surface area contributed by atoms with E-state index in [2.05, 4.69) is 161 Å². The second kappa shape index (κ2) is 34.8. The molecule has 6 nitrogen and oxygen atoms in total. The van der Waals surface area contributed by atoms with Crippen LogP contribution in [0.4, 0.5) is 0 Å². The Morgan fingerprint density at radius 2 is 0.630 bits per heavy atom. The van der Waals surface area contributed by atoms with Crippen LogP contribution in [0, 0.1) is 57.2 Å². The molecule has 0 saturated heterocycles. The molecule has 10 heteroatoms. The fourth-order valence-electron chi connectivity index (χ4n) is 18.3. The molecular weight excluding hydrogens is 1390 g/mol. The summed E-state index contributed by atoms with van der Waals surface area (Å²) < 4.78 is 2.50. The van der Waals surface area contributed by atoms with Crippen molar-refractivity contribution in [3.63, 3.8) is 0 Å². The number of thiophene rings is 4. The molecule has 2 unspecified atom stereocenters. The van der Waals surface area contributed by atoms with E-state index in [0.29, 0.717) is 22.3 Å². The van der Waals surface area contributed by atoms with Gasteiger partial charge in [-0.1, -0.05) is 302 Å². The van der Waals surface area contributed by atoms with Crippen molar-refractivity contribution in [3.8, 4) is 43.8 Å². The Hall–Kier alpha value is -8.84. The van der Waals surface area contributed by atoms with E-state index in [1.165, 1.54) is 214 Å². The Morgan fingerprint density at radius 3 is 0.917 bits per heavy atom. The number of carbonyl (C=O) groups excluding carboxylic acids is 2. The highest BCUT2D eigenvalue weighted by Crippen LogP contribution is 2.70. The highest BCUT2D eigenvalue weighted by Gasteiger charge is 2.56. The quantitative estimate of drug-likeness (QED) is 0.0284. The van der Waals surface area contributed by atoms with Crippen molar-refractivity contribution >= 4 is 78.5 Å². The summed E-state index contributed by atoms with van der Waals surface area (Å²) in [5.41, 5.74) is 16.8. The number of Topliss-reactive ketones (excluding diaryl/α,β-unsaturated/α-hetero) is 2. The maximum atomic E-state index is 14.9. The number of benzene rings is 6. The number of aryl methyl sites for hydroxylation is 4. The van der Waals surface area contributed by atoms with Crippen LogP contribution in [-0.4, -0.2) is 11.6 Å². The summed E-state index contributed by atoms with van der Waals surface area (Å²) in [6.45, 7) is 9.11. The van der Waals surface area contributed by atoms with Crippen LogP contribution in [0.15, 0.2) is 169 Å². The molecule has 0 bridgehead atoms. The number of fused-ring (bicyclic) bond motifs is 11. The van der Waals surface area contributed by atoms with Gasteiger partial charge in [-0.3, -0.25) is 9.59 Å². The number of unbranched alkanes of at least 4 members (excludes halogenated alkanes) is 20. The van der Waals surface area contributed by atoms with Gasteiger partial charge >= 0.3 is 0 Å². The molecule has 6 aromatic carbocycles. The molecule has 0 aliphatic heterocycles. The summed E-state index contributed by atoms with van der Waals surface area (Å²) in [6, 6.07) is 67.4. The number of hydrogen-bond acceptors (Lipinski definition) is 10. The molecule has 10 aromatic rings. The predicted octanol–water partition coefficient (Wildman–Crippen LogP) is 27.5. The third-order valence-corrected chi connectivity index (χ3v) is 28.9. The number of rotatable bonds is 36. The minimum absolute atomic E-state index is 0.136. The average molecular weight is 1490 g/mol. The van der Waals surface area contributed by atoms with Gasteiger partial charge in [0.1, 0.15) is 11.8 Å². The van der Waals surface area contributed by atoms with Crippen molar-refractivity contribution < 1.29 is 9.59 Å². The number of allylic oxidation sites excluding steroid dienone is 2. The summed E-state index contributed by atoms with van der Waals surface area (Å²) in [4.78, 5) is 36.4. The largest absolute Gasteiger partial charge is 0.289 e. The summed E-state index contributed by atoms with van der Waals surface area (Å²) in [7, 11) is 0. The number of nitrogens with zero attached hydrogens (tertiary/aromatic N) is 4. The van der Waals surface area contributed by atoms with E-state index in [1.54, 1.807) is 22.7 Å². The van der Waals surface area contributed by atoms with Crippen LogP contribution in [0.25, 0.3) is 41.1 Å². The van der Waals surface area contributed by atoms with Gasteiger partial charge in [0, 0.05) is 55.0 Å². The normalized spacial score (nSPS) is 16.2. The predicted molar refractivity (Wildman–Crippen MR) is 451 cm³/mol. The Morgan fingerprint density at radius 1 is 0.352 bits per heavy atom. The zero-order valence-electron chi connectivity index (χ0n) is 63.5. The monoisotopic (exact) mass is 1490 g/mol. The van der Waals surface area contributed by atoms with Gasteiger partial charge in [-0.25, -0.2) is 0 Å². The van der Waals surface area contributed by atoms with E-state index < -0.39 is 34.5 Å². The standard InChI is InChI=1S/C98H100N4O2S4/c1-5-9-13-17-21-25-33-65-41-49-71(50-42-65)97(72-51-43-66(44-52-72)34-26-22-18-14-10-6-2)83-59-75(57-81-85(69(61-99)62-100)77-37-29-31-39-79(77)89(81)103)105-91(83)93-87(97)95-96(107-93)88-94(108-95)92-84(60-76(106-92)58-82-86(70(63-101)64-102)78-38-30-32-40-80(78)90(82)104)98(88,73-53-45-67(46-54-73)35-27-23-19-15-11-7-3)74-55-47-68(48-56-74)36-28-24-20-16-12-8-4/h29-32,37-60,69-70,85-86H,5-28,33-36H2,1-4H3/b81-57-,82-58-. The first-order valence-electron chi connectivity index (χ1n) is 40.7. The number of ketones is 2. The van der Waals surface area contributed by atoms with Crippen molar-refractivity contribution in [1.82, 2.24) is 0 Å². The second-order valence-electron chi connectivity index (χ2n) is 30.9. The number of nitriles is 4. The molecule has 4 heterocycles. The average Bonchev–Trinajstić information content (AvgIpc) is 1.48. The van der Waals surface area contributed by atoms with Crippen LogP contribution in [0.3, 0.4) is 0 Å². The van der Waals surface area contributed by atoms with Crippen LogP contribution >= 0.6 is 45.3 Å². The smallest absolute Gasteiger partial charge is 0.190 e. The first kappa shape index (κ1) is 76.0. The van der Waals surface area contributed by atoms with E-state index in [1.807, 2.05) is 83.4 Å². The zero-order valence-corrected chi connectivity index (χ0v) is 66.8. The van der Waals surface area contributed by atoms with Crippen LogP contribution in [-0.2, 0) is 36.5 Å². The molecule has 2 atom stereocenters. The van der Waals surface area contributed by atoms with E-state index in [4.69, 9.17) is 0 Å². The van der Waals surface area contributed by atoms with Crippen LogP contribution in [0.2, 0.25) is 0 Å². The lowest BCUT2D eigenvalue weighted by Crippen LogP contribution is -2.29. The number of hydrogen-bond donors (Lipinski definition) is 0. The molecule has 0 radical (unpaired) electrons. The highest BCUT2D eigenvalue weighted by atomic mass is 32.1. The van der Waals surface area contributed by atoms with E-state index in [-0.39, 0.29) is 11.6 Å². The maximum absolute atomic E-state index is 14.9. The molecule has 548 valence electrons. The fraction of sp³-hybridized carbons (Fsp3) is 0.388. The molecule has 4 aliphatic rings. The van der Waals surface area contributed by atoms with Crippen LogP contribution in [0.1, 0.15) is 302 Å². The van der Waals surface area contributed by atoms with Crippen molar-refractivity contribution in [3.05, 3.63) is 268 Å². The van der Waals surface area contributed by atoms with Gasteiger partial charge in [-0.05, 0) is 142 Å². The van der Waals surface area contributed by atoms with Crippen LogP contribution < -0.4 is 0 Å². The summed E-state index contributed by atoms with van der Waals surface area (Å²) >= 11 is 7.27. The third-order valence-electron chi connectivity index (χ3n) is 23.9. The van der Waals surface area contributed by atoms with E-state index >= 15 is 0 Å². The van der Waals surface area contributed by atoms with E-state index in [9.17, 15) is 30.6 Å². The summed E-state index contributed by atoms with van der Waals surface area (Å²) in [5, 5.41) is 42.5. The lowest BCUT2D eigenvalue weighted by atomic mass is 9.67. The van der Waals surface area contributed by atoms with Gasteiger partial charge in [0.15, 0.2) is 11.6 Å². The molecular formula is C98H100N4O2S4. The summed E-state index contributed by atoms with van der Waals surface area (Å²) in [6.07, 6.45) is 37.5. The SMILES string of the molecule is CCCCCCCCc1ccc(C2(c3ccc(CCCCCCCC)cc3)c3cc(/C=C4\C(=O)c5ccccc5C4C(C#N)C#N)sc3-c3sc4c5c(sc4c32)-c2sc(/C=C3\C(=O)c4ccccc4C3C(C#N)C#N)cc2C5(c2ccc(CCCCCCCC)cc2)c2ccc(CCCCCCCC)cc2)cc1. The van der Waals surface area contributed by atoms with Gasteiger partial charge < -0.3 is 0 Å². The minimum atomic E-state index is -1.06. The molecule has 4 aliphatic carbocycles. The fourth-order valence-corrected chi connectivity index (χ4v) is 24.0. The molecule has 0 fully saturated rings. The first-order valence-corrected chi connectivity index (χ1v) is 43.9. The maximum Gasteiger partial charge on any atom is 0.190 e. The lowest BCUT2D eigenvalue weighted by molar-refractivity contribution is 0.103. The Bertz CT molecular complexity index is 4650. The van der Waals surface area contributed by atoms with Crippen molar-refractivity contribution in [2.45, 2.75) is 230 Å². The van der Waals surface area contributed by atoms with E-state index in [0.717, 1.165) is 82.0 Å². The van der Waals surface area contributed by atoms with Gasteiger partial charge in [0.2, 0.25) is 0 Å². The van der Waals surface area contributed by atoms with Gasteiger partial charge in [-0.15, -0.1) is 45.3 Å². The van der Waals surface area contributed by atoms with Gasteiger partial charge in [0.05, 0.1) is 64.0 Å². The van der Waals surface area contributed by atoms with Gasteiger partial charge in [-0.2, -0.15) is 21.0 Å². The van der Waals surface area contributed by atoms with Crippen molar-refractivity contribution in [2.75, 3.05) is 0 Å². The Kier molecular flexibility index (Phi) is 24.5. The molecule has 14 rings (SSSR count). The Balaban J connectivity index is 1.02. The molecule has 4 aromatic heterocycles. The molecule has 0 saturated carbocycles. The zero-order chi connectivity index (χ0) is 74.7. The summed E-state index contributed by atoms with van der Waals surface area (Å²) in [5.74, 6) is -3.78. The highest BCUT2D eigenvalue weighted by molar-refractivity contribution is 7.34. The topological polar surface area (TPSA) is 129 Å². The van der Waals surface area contributed by atoms with Crippen LogP contribution in [0.5, 0.6) is 0 Å². The molecule has 0 spiro atoms. The van der Waals surface area contributed by atoms with Crippen molar-refractivity contribution in [2.24, 2.45) is 11.8 Å². The van der Waals surface area contributed by atoms with Crippen molar-refractivity contribution in [1.29, 1.82) is 21.0 Å². The molecule has 0 N–H and O–H groups in total. The third kappa shape index (κ3) is 14.5. The number of carbonyl (C=O) groups is 2.